The maximum atomic E-state index is 11.2. The van der Waals surface area contributed by atoms with Gasteiger partial charge in [0, 0.05) is 34.7 Å². The molecule has 12 nitrogen and oxygen atoms in total. The van der Waals surface area contributed by atoms with Crippen LogP contribution in [0.1, 0.15) is 16.7 Å². The van der Waals surface area contributed by atoms with Crippen LogP contribution in [0.3, 0.4) is 0 Å². The lowest BCUT2D eigenvalue weighted by atomic mass is 10.1. The van der Waals surface area contributed by atoms with E-state index < -0.39 is 15.1 Å². The highest BCUT2D eigenvalue weighted by Crippen LogP contribution is 2.40. The van der Waals surface area contributed by atoms with Gasteiger partial charge < -0.3 is 16.1 Å². The smallest absolute Gasteiger partial charge is 0.576 e. The average molecular weight is 625 g/mol. The fourth-order valence-corrected chi connectivity index (χ4v) is 6.81. The molecule has 0 radical (unpaired) electrons. The number of ether oxygens (including phenoxy) is 1. The van der Waals surface area contributed by atoms with E-state index in [-0.39, 0.29) is 0 Å². The number of carbonyl (C=O) groups excluding carboxylic acids is 2. The van der Waals surface area contributed by atoms with Crippen molar-refractivity contribution < 1.29 is 25.7 Å². The van der Waals surface area contributed by atoms with Crippen molar-refractivity contribution in [2.75, 3.05) is 0 Å². The van der Waals surface area contributed by atoms with Crippen LogP contribution >= 0.6 is 0 Å². The molecule has 3 aromatic heterocycles. The molecule has 0 aliphatic carbocycles. The summed E-state index contributed by atoms with van der Waals surface area (Å²) in [5.41, 5.74) is 3.95. The molecule has 0 aliphatic rings. The van der Waals surface area contributed by atoms with Crippen LogP contribution in [0.15, 0.2) is 83.2 Å². The second kappa shape index (κ2) is 12.8. The van der Waals surface area contributed by atoms with Gasteiger partial charge in [-0.1, -0.05) is 0 Å². The SMILES string of the molecule is Cc1cc(N=C=O)c2cccnc2c1[O][Al]([O]c1c(C)cc(N=C=O)c2cccnc12)[O]c1c(C)cc(OC#N)c2cccnc12. The van der Waals surface area contributed by atoms with Gasteiger partial charge in [-0.3, -0.25) is 15.0 Å². The topological polar surface area (TPSA) is 158 Å². The molecule has 0 bridgehead atoms. The number of nitrogens with zero attached hydrogens (tertiary/aromatic N) is 6. The van der Waals surface area contributed by atoms with Crippen molar-refractivity contribution in [3.8, 4) is 29.3 Å². The van der Waals surface area contributed by atoms with Crippen LogP contribution < -0.4 is 16.1 Å². The third-order valence-corrected chi connectivity index (χ3v) is 8.43. The molecule has 0 saturated carbocycles. The van der Waals surface area contributed by atoms with Gasteiger partial charge in [0.15, 0.2) is 5.75 Å². The zero-order valence-corrected chi connectivity index (χ0v) is 25.8. The number of aromatic nitrogens is 3. The first-order chi connectivity index (χ1) is 22.4. The number of rotatable bonds is 9. The Balaban J connectivity index is 1.54. The Morgan fingerprint density at radius 3 is 1.50 bits per heavy atom. The van der Waals surface area contributed by atoms with Gasteiger partial charge in [0.1, 0.15) is 33.8 Å². The van der Waals surface area contributed by atoms with Crippen LogP contribution in [0, 0.1) is 32.3 Å². The highest BCUT2D eigenvalue weighted by Gasteiger charge is 2.47. The van der Waals surface area contributed by atoms with Crippen LogP contribution in [0.2, 0.25) is 0 Å². The number of fused-ring (bicyclic) bond motifs is 3. The summed E-state index contributed by atoms with van der Waals surface area (Å²) in [6.45, 7) is 5.38. The van der Waals surface area contributed by atoms with Crippen molar-refractivity contribution in [1.82, 2.24) is 15.0 Å². The molecule has 3 heterocycles. The number of aryl methyl sites for hydroxylation is 3. The van der Waals surface area contributed by atoms with Crippen LogP contribution in [0.4, 0.5) is 11.4 Å². The summed E-state index contributed by atoms with van der Waals surface area (Å²) in [6, 6.07) is 15.5. The van der Waals surface area contributed by atoms with Gasteiger partial charge >= 0.3 is 15.1 Å². The van der Waals surface area contributed by atoms with Crippen molar-refractivity contribution in [3.05, 3.63) is 89.9 Å². The molecular formula is C33H21AlN6O6. The van der Waals surface area contributed by atoms with Gasteiger partial charge in [0.25, 0.3) is 6.26 Å². The third-order valence-electron chi connectivity index (χ3n) is 7.14. The van der Waals surface area contributed by atoms with Crippen LogP contribution in [-0.4, -0.2) is 42.3 Å². The number of pyridine rings is 3. The van der Waals surface area contributed by atoms with Gasteiger partial charge in [-0.05, 0) is 92.1 Å². The van der Waals surface area contributed by atoms with E-state index in [1.165, 1.54) is 0 Å². The summed E-state index contributed by atoms with van der Waals surface area (Å²) in [4.78, 5) is 43.6. The lowest BCUT2D eigenvalue weighted by molar-refractivity contribution is 0.308. The van der Waals surface area contributed by atoms with E-state index in [4.69, 9.17) is 16.1 Å². The summed E-state index contributed by atoms with van der Waals surface area (Å²) >= 11 is -3.36. The number of isocyanates is 2. The summed E-state index contributed by atoms with van der Waals surface area (Å²) < 4.78 is 25.1. The number of nitriles is 1. The molecule has 0 saturated heterocycles. The average Bonchev–Trinajstić information content (AvgIpc) is 3.06. The van der Waals surface area contributed by atoms with Gasteiger partial charge in [-0.2, -0.15) is 9.98 Å². The molecule has 0 unspecified atom stereocenters. The number of hydrogen-bond acceptors (Lipinski definition) is 12. The van der Waals surface area contributed by atoms with E-state index in [0.717, 1.165) is 0 Å². The quantitative estimate of drug-likeness (QED) is 0.0745. The zero-order valence-electron chi connectivity index (χ0n) is 24.6. The Morgan fingerprint density at radius 2 is 1.07 bits per heavy atom. The highest BCUT2D eigenvalue weighted by atomic mass is 27.3. The Kier molecular flexibility index (Phi) is 8.36. The minimum Gasteiger partial charge on any atom is -0.576 e. The van der Waals surface area contributed by atoms with E-state index in [0.29, 0.717) is 83.8 Å². The summed E-state index contributed by atoms with van der Waals surface area (Å²) in [7, 11) is 0. The predicted octanol–water partition coefficient (Wildman–Crippen LogP) is 6.57. The Hall–Kier alpha value is -6.13. The summed E-state index contributed by atoms with van der Waals surface area (Å²) in [5.74, 6) is 1.43. The number of benzene rings is 3. The summed E-state index contributed by atoms with van der Waals surface area (Å²) in [6.07, 6.45) is 9.71. The fraction of sp³-hybridized carbons (Fsp3) is 0.0909. The molecule has 6 aromatic rings. The number of aliphatic imine (C=N–C) groups is 2. The largest absolute Gasteiger partial charge is 1.20 e. The van der Waals surface area contributed by atoms with Gasteiger partial charge in [-0.25, -0.2) is 9.59 Å². The Labute approximate surface area is 266 Å². The minimum atomic E-state index is -3.36. The molecule has 0 aliphatic heterocycles. The molecule has 0 fully saturated rings. The molecule has 46 heavy (non-hydrogen) atoms. The minimum absolute atomic E-state index is 0.324. The van der Waals surface area contributed by atoms with Crippen molar-refractivity contribution in [3.63, 3.8) is 0 Å². The van der Waals surface area contributed by atoms with Crippen LogP contribution in [0.25, 0.3) is 32.7 Å². The first-order valence-corrected chi connectivity index (χ1v) is 15.2. The van der Waals surface area contributed by atoms with Crippen molar-refractivity contribution >= 4 is 71.4 Å². The lowest BCUT2D eigenvalue weighted by Gasteiger charge is -2.22. The number of hydrogen-bond donors (Lipinski definition) is 0. The fourth-order valence-electron chi connectivity index (χ4n) is 5.19. The predicted molar refractivity (Wildman–Crippen MR) is 169 cm³/mol. The van der Waals surface area contributed by atoms with E-state index in [2.05, 4.69) is 24.9 Å². The molecule has 6 rings (SSSR count). The molecule has 0 amide bonds. The second-order valence-electron chi connectivity index (χ2n) is 10.0. The maximum absolute atomic E-state index is 11.2. The molecule has 0 N–H and O–H groups in total. The Bertz CT molecular complexity index is 2200. The van der Waals surface area contributed by atoms with E-state index in [1.54, 1.807) is 112 Å². The van der Waals surface area contributed by atoms with Crippen molar-refractivity contribution in [1.29, 1.82) is 5.26 Å². The van der Waals surface area contributed by atoms with E-state index in [1.807, 2.05) is 0 Å². The van der Waals surface area contributed by atoms with Gasteiger partial charge in [0.05, 0.1) is 11.4 Å². The maximum Gasteiger partial charge on any atom is 1.20 e. The first-order valence-electron chi connectivity index (χ1n) is 13.8. The van der Waals surface area contributed by atoms with Gasteiger partial charge in [0.2, 0.25) is 12.2 Å². The molecule has 222 valence electrons. The lowest BCUT2D eigenvalue weighted by Crippen LogP contribution is -2.38. The summed E-state index contributed by atoms with van der Waals surface area (Å²) in [5, 5.41) is 10.9. The molecule has 13 heteroatoms. The Morgan fingerprint density at radius 1 is 0.652 bits per heavy atom. The molecule has 0 atom stereocenters. The standard InChI is InChI=1S/3C11H8N2O2.Al/c1-7-5-9(15-6-12)8-3-2-4-13-10(8)11(7)14;2*1-7-5-9(13-6-14)8-3-2-4-12-10(8)11(7)15;/h2-5,14H,1H3;2*2-5,15H,1H3;/q;;;+3/p-3. The van der Waals surface area contributed by atoms with E-state index in [9.17, 15) is 14.9 Å². The van der Waals surface area contributed by atoms with Crippen LogP contribution in [-0.2, 0) is 9.59 Å². The third kappa shape index (κ3) is 5.60. The highest BCUT2D eigenvalue weighted by molar-refractivity contribution is 6.40. The van der Waals surface area contributed by atoms with Crippen LogP contribution in [0.5, 0.6) is 23.0 Å². The van der Waals surface area contributed by atoms with Crippen molar-refractivity contribution in [2.45, 2.75) is 20.8 Å². The van der Waals surface area contributed by atoms with Crippen molar-refractivity contribution in [2.24, 2.45) is 9.98 Å². The van der Waals surface area contributed by atoms with E-state index >= 15 is 0 Å². The zero-order chi connectivity index (χ0) is 32.2. The first kappa shape index (κ1) is 29.9. The normalized spacial score (nSPS) is 10.5. The second-order valence-corrected chi connectivity index (χ2v) is 11.3. The molecule has 3 aromatic carbocycles. The van der Waals surface area contributed by atoms with Gasteiger partial charge in [-0.15, -0.1) is 5.26 Å². The monoisotopic (exact) mass is 624 g/mol. The molecule has 0 spiro atoms. The molecular weight excluding hydrogens is 603 g/mol.